The molecule has 1 amide bonds. The molecule has 104 valence electrons. The summed E-state index contributed by atoms with van der Waals surface area (Å²) in [6.07, 6.45) is 0. The van der Waals surface area contributed by atoms with Crippen LogP contribution in [0.4, 0.5) is 4.39 Å². The first kappa shape index (κ1) is 14.7. The number of alkyl halides is 1. The van der Waals surface area contributed by atoms with Gasteiger partial charge in [0.1, 0.15) is 5.82 Å². The Morgan fingerprint density at radius 2 is 1.95 bits per heavy atom. The standard InChI is InChI=1S/C16H15BrFNO/c1-11-7-8-13(14(18)9-11)16(20)19-15(10-17)12-5-3-2-4-6-12/h2-9,15H,10H2,1H3,(H,19,20). The number of hydrogen-bond donors (Lipinski definition) is 1. The van der Waals surface area contributed by atoms with Gasteiger partial charge in [-0.15, -0.1) is 0 Å². The summed E-state index contributed by atoms with van der Waals surface area (Å²) in [5.74, 6) is -0.903. The number of hydrogen-bond acceptors (Lipinski definition) is 1. The monoisotopic (exact) mass is 335 g/mol. The second kappa shape index (κ2) is 6.66. The van der Waals surface area contributed by atoms with Gasteiger partial charge in [0.15, 0.2) is 0 Å². The van der Waals surface area contributed by atoms with E-state index in [1.807, 2.05) is 30.3 Å². The predicted molar refractivity (Wildman–Crippen MR) is 81.6 cm³/mol. The van der Waals surface area contributed by atoms with E-state index in [4.69, 9.17) is 0 Å². The summed E-state index contributed by atoms with van der Waals surface area (Å²) in [6.45, 7) is 1.79. The molecule has 1 unspecified atom stereocenters. The molecule has 0 radical (unpaired) electrons. The normalized spacial score (nSPS) is 11.9. The van der Waals surface area contributed by atoms with Crippen molar-refractivity contribution < 1.29 is 9.18 Å². The van der Waals surface area contributed by atoms with E-state index in [2.05, 4.69) is 21.2 Å². The Kier molecular flexibility index (Phi) is 4.90. The van der Waals surface area contributed by atoms with E-state index in [1.54, 1.807) is 13.0 Å². The first-order valence-electron chi connectivity index (χ1n) is 6.29. The third-order valence-corrected chi connectivity index (χ3v) is 3.68. The fraction of sp³-hybridized carbons (Fsp3) is 0.188. The molecule has 2 nitrogen and oxygen atoms in total. The van der Waals surface area contributed by atoms with Gasteiger partial charge in [-0.1, -0.05) is 52.3 Å². The van der Waals surface area contributed by atoms with Crippen LogP contribution in [0.2, 0.25) is 0 Å². The van der Waals surface area contributed by atoms with E-state index in [9.17, 15) is 9.18 Å². The molecule has 0 heterocycles. The summed E-state index contributed by atoms with van der Waals surface area (Å²) >= 11 is 3.38. The molecule has 0 aliphatic heterocycles. The molecule has 0 fully saturated rings. The minimum Gasteiger partial charge on any atom is -0.344 e. The molecule has 20 heavy (non-hydrogen) atoms. The maximum atomic E-state index is 13.8. The van der Waals surface area contributed by atoms with Gasteiger partial charge in [0.05, 0.1) is 11.6 Å². The minimum atomic E-state index is -0.496. The maximum absolute atomic E-state index is 13.8. The molecule has 1 atom stereocenters. The van der Waals surface area contributed by atoms with Crippen LogP contribution >= 0.6 is 15.9 Å². The number of benzene rings is 2. The summed E-state index contributed by atoms with van der Waals surface area (Å²) in [4.78, 5) is 12.1. The Bertz CT molecular complexity index is 601. The van der Waals surface area contributed by atoms with Crippen molar-refractivity contribution in [3.8, 4) is 0 Å². The van der Waals surface area contributed by atoms with E-state index < -0.39 is 11.7 Å². The number of aryl methyl sites for hydroxylation is 1. The molecule has 0 saturated carbocycles. The highest BCUT2D eigenvalue weighted by atomic mass is 79.9. The third-order valence-electron chi connectivity index (χ3n) is 3.03. The average Bonchev–Trinajstić information content (AvgIpc) is 2.45. The maximum Gasteiger partial charge on any atom is 0.254 e. The second-order valence-electron chi connectivity index (χ2n) is 4.57. The molecule has 0 bridgehead atoms. The van der Waals surface area contributed by atoms with Crippen molar-refractivity contribution in [2.45, 2.75) is 13.0 Å². The number of halogens is 2. The second-order valence-corrected chi connectivity index (χ2v) is 5.22. The Balaban J connectivity index is 2.17. The van der Waals surface area contributed by atoms with Gasteiger partial charge in [-0.2, -0.15) is 0 Å². The molecule has 1 N–H and O–H groups in total. The van der Waals surface area contributed by atoms with Crippen molar-refractivity contribution >= 4 is 21.8 Å². The molecule has 4 heteroatoms. The lowest BCUT2D eigenvalue weighted by Gasteiger charge is -2.17. The highest BCUT2D eigenvalue weighted by Gasteiger charge is 2.17. The lowest BCUT2D eigenvalue weighted by Crippen LogP contribution is -2.30. The van der Waals surface area contributed by atoms with Crippen LogP contribution in [-0.2, 0) is 0 Å². The molecule has 0 aromatic heterocycles. The van der Waals surface area contributed by atoms with E-state index in [1.165, 1.54) is 12.1 Å². The largest absolute Gasteiger partial charge is 0.344 e. The van der Waals surface area contributed by atoms with Crippen molar-refractivity contribution in [3.05, 3.63) is 71.0 Å². The fourth-order valence-electron chi connectivity index (χ4n) is 1.94. The summed E-state index contributed by atoms with van der Waals surface area (Å²) in [5.41, 5.74) is 1.84. The molecular weight excluding hydrogens is 321 g/mol. The topological polar surface area (TPSA) is 29.1 Å². The molecule has 0 aliphatic rings. The van der Waals surface area contributed by atoms with Crippen LogP contribution in [0.1, 0.15) is 27.5 Å². The molecule has 0 aliphatic carbocycles. The molecule has 0 spiro atoms. The van der Waals surface area contributed by atoms with Crippen molar-refractivity contribution in [1.29, 1.82) is 0 Å². The van der Waals surface area contributed by atoms with E-state index in [0.29, 0.717) is 5.33 Å². The van der Waals surface area contributed by atoms with Gasteiger partial charge in [-0.3, -0.25) is 4.79 Å². The van der Waals surface area contributed by atoms with Crippen LogP contribution in [0.15, 0.2) is 48.5 Å². The summed E-state index contributed by atoms with van der Waals surface area (Å²) < 4.78 is 13.8. The zero-order valence-electron chi connectivity index (χ0n) is 11.1. The minimum absolute atomic E-state index is 0.0671. The molecular formula is C16H15BrFNO. The van der Waals surface area contributed by atoms with Gasteiger partial charge >= 0.3 is 0 Å². The number of rotatable bonds is 4. The lowest BCUT2D eigenvalue weighted by atomic mass is 10.1. The summed E-state index contributed by atoms with van der Waals surface area (Å²) in [6, 6.07) is 14.0. The zero-order valence-corrected chi connectivity index (χ0v) is 12.7. The average molecular weight is 336 g/mol. The van der Waals surface area contributed by atoms with E-state index in [0.717, 1.165) is 11.1 Å². The van der Waals surface area contributed by atoms with Crippen LogP contribution in [0, 0.1) is 12.7 Å². The van der Waals surface area contributed by atoms with E-state index >= 15 is 0 Å². The van der Waals surface area contributed by atoms with Crippen LogP contribution in [0.25, 0.3) is 0 Å². The Morgan fingerprint density at radius 1 is 1.25 bits per heavy atom. The van der Waals surface area contributed by atoms with Gasteiger partial charge in [0.2, 0.25) is 0 Å². The zero-order chi connectivity index (χ0) is 14.5. The third kappa shape index (κ3) is 3.45. The van der Waals surface area contributed by atoms with Crippen molar-refractivity contribution in [2.75, 3.05) is 5.33 Å². The van der Waals surface area contributed by atoms with Gasteiger partial charge in [-0.05, 0) is 30.2 Å². The molecule has 0 saturated heterocycles. The Morgan fingerprint density at radius 3 is 2.55 bits per heavy atom. The van der Waals surface area contributed by atoms with Gasteiger partial charge < -0.3 is 5.32 Å². The van der Waals surface area contributed by atoms with Gasteiger partial charge in [0, 0.05) is 5.33 Å². The summed E-state index contributed by atoms with van der Waals surface area (Å²) in [7, 11) is 0. The van der Waals surface area contributed by atoms with Gasteiger partial charge in [-0.25, -0.2) is 4.39 Å². The smallest absolute Gasteiger partial charge is 0.254 e. The van der Waals surface area contributed by atoms with Crippen LogP contribution in [-0.4, -0.2) is 11.2 Å². The SMILES string of the molecule is Cc1ccc(C(=O)NC(CBr)c2ccccc2)c(F)c1. The van der Waals surface area contributed by atoms with Gasteiger partial charge in [0.25, 0.3) is 5.91 Å². The number of carbonyl (C=O) groups is 1. The molecule has 2 rings (SSSR count). The predicted octanol–water partition coefficient (Wildman–Crippen LogP) is 4.00. The summed E-state index contributed by atoms with van der Waals surface area (Å²) in [5, 5.41) is 3.40. The first-order chi connectivity index (χ1) is 9.61. The highest BCUT2D eigenvalue weighted by Crippen LogP contribution is 2.17. The highest BCUT2D eigenvalue weighted by molar-refractivity contribution is 9.09. The number of amides is 1. The Labute approximate surface area is 126 Å². The van der Waals surface area contributed by atoms with Crippen LogP contribution in [0.3, 0.4) is 0 Å². The first-order valence-corrected chi connectivity index (χ1v) is 7.42. The van der Waals surface area contributed by atoms with Crippen molar-refractivity contribution in [2.24, 2.45) is 0 Å². The number of nitrogens with one attached hydrogen (secondary N) is 1. The fourth-order valence-corrected chi connectivity index (χ4v) is 2.47. The van der Waals surface area contributed by atoms with E-state index in [-0.39, 0.29) is 11.6 Å². The van der Waals surface area contributed by atoms with Crippen molar-refractivity contribution in [1.82, 2.24) is 5.32 Å². The Hall–Kier alpha value is -1.68. The lowest BCUT2D eigenvalue weighted by molar-refractivity contribution is 0.0936. The molecule has 2 aromatic carbocycles. The number of carbonyl (C=O) groups excluding carboxylic acids is 1. The quantitative estimate of drug-likeness (QED) is 0.840. The van der Waals surface area contributed by atoms with Crippen molar-refractivity contribution in [3.63, 3.8) is 0 Å². The van der Waals surface area contributed by atoms with Crippen LogP contribution in [0.5, 0.6) is 0 Å². The molecule has 2 aromatic rings. The van der Waals surface area contributed by atoms with Crippen LogP contribution < -0.4 is 5.32 Å².